The van der Waals surface area contributed by atoms with Crippen LogP contribution < -0.4 is 15.4 Å². The summed E-state index contributed by atoms with van der Waals surface area (Å²) in [6, 6.07) is 5.11. The van der Waals surface area contributed by atoms with Gasteiger partial charge in [-0.2, -0.15) is 8.42 Å². The van der Waals surface area contributed by atoms with E-state index in [9.17, 15) is 18.0 Å². The summed E-state index contributed by atoms with van der Waals surface area (Å²) in [5.41, 5.74) is -0.939. The second kappa shape index (κ2) is 6.34. The summed E-state index contributed by atoms with van der Waals surface area (Å²) in [7, 11) is -4.61. The van der Waals surface area contributed by atoms with Crippen LogP contribution in [0.1, 0.15) is 10.4 Å². The van der Waals surface area contributed by atoms with Gasteiger partial charge < -0.3 is 15.4 Å². The zero-order valence-corrected chi connectivity index (χ0v) is 12.5. The molecule has 2 unspecified atom stereocenters. The smallest absolute Gasteiger partial charge is 0.320 e. The molecule has 0 saturated heterocycles. The Morgan fingerprint density at radius 3 is 2.50 bits per heavy atom. The molecule has 1 aliphatic rings. The number of rotatable bonds is 5. The van der Waals surface area contributed by atoms with Crippen LogP contribution in [0.5, 0.6) is 5.75 Å². The number of benzene rings is 1. The average Bonchev–Trinajstić information content (AvgIpc) is 2.47. The minimum absolute atomic E-state index is 0.0942. The van der Waals surface area contributed by atoms with Crippen LogP contribution >= 0.6 is 11.6 Å². The van der Waals surface area contributed by atoms with Crippen molar-refractivity contribution >= 4 is 34.0 Å². The molecule has 10 heteroatoms. The van der Waals surface area contributed by atoms with Crippen molar-refractivity contribution in [2.24, 2.45) is 0 Å². The molecule has 2 rings (SSSR count). The molecule has 0 radical (unpaired) electrons. The monoisotopic (exact) mass is 346 g/mol. The highest BCUT2D eigenvalue weighted by Crippen LogP contribution is 2.23. The van der Waals surface area contributed by atoms with Crippen molar-refractivity contribution in [3.8, 4) is 5.75 Å². The van der Waals surface area contributed by atoms with Crippen molar-refractivity contribution in [1.29, 1.82) is 0 Å². The molecular formula is C12H11ClN2O6S. The first-order valence-corrected chi connectivity index (χ1v) is 7.84. The van der Waals surface area contributed by atoms with Gasteiger partial charge >= 0.3 is 6.03 Å². The SMILES string of the molecule is O=Cc1ccc(OC(Cl)C2=CNC(=O)NC2S(=O)(=O)O)cc1. The van der Waals surface area contributed by atoms with Crippen LogP contribution in [0.4, 0.5) is 4.79 Å². The molecule has 3 N–H and O–H groups in total. The minimum atomic E-state index is -4.61. The van der Waals surface area contributed by atoms with E-state index in [-0.39, 0.29) is 11.3 Å². The largest absolute Gasteiger partial charge is 0.470 e. The van der Waals surface area contributed by atoms with Gasteiger partial charge in [-0.3, -0.25) is 9.35 Å². The van der Waals surface area contributed by atoms with Crippen LogP contribution in [0.15, 0.2) is 36.0 Å². The normalized spacial score (nSPS) is 19.5. The zero-order valence-electron chi connectivity index (χ0n) is 10.9. The molecule has 1 heterocycles. The summed E-state index contributed by atoms with van der Waals surface area (Å²) in [6.45, 7) is 0. The van der Waals surface area contributed by atoms with Gasteiger partial charge in [-0.05, 0) is 24.3 Å². The Bertz CT molecular complexity index is 716. The third kappa shape index (κ3) is 3.75. The Morgan fingerprint density at radius 2 is 1.95 bits per heavy atom. The summed E-state index contributed by atoms with van der Waals surface area (Å²) in [6.07, 6.45) is 1.70. The summed E-state index contributed by atoms with van der Waals surface area (Å²) in [4.78, 5) is 21.7. The number of carbonyl (C=O) groups excluding carboxylic acids is 2. The van der Waals surface area contributed by atoms with Gasteiger partial charge in [0.25, 0.3) is 10.1 Å². The van der Waals surface area contributed by atoms with Crippen molar-refractivity contribution in [2.75, 3.05) is 0 Å². The first-order chi connectivity index (χ1) is 10.3. The third-order valence-corrected chi connectivity index (χ3v) is 4.08. The van der Waals surface area contributed by atoms with Crippen molar-refractivity contribution < 1.29 is 27.3 Å². The lowest BCUT2D eigenvalue weighted by atomic mass is 10.2. The molecule has 0 aromatic heterocycles. The Morgan fingerprint density at radius 1 is 1.32 bits per heavy atom. The number of hydrogen-bond acceptors (Lipinski definition) is 5. The van der Waals surface area contributed by atoms with E-state index in [1.54, 1.807) is 0 Å². The van der Waals surface area contributed by atoms with Gasteiger partial charge in [0.2, 0.25) is 0 Å². The maximum atomic E-state index is 11.3. The van der Waals surface area contributed by atoms with Gasteiger partial charge in [-0.1, -0.05) is 11.6 Å². The van der Waals surface area contributed by atoms with E-state index < -0.39 is 27.1 Å². The van der Waals surface area contributed by atoms with Gasteiger partial charge in [-0.25, -0.2) is 4.79 Å². The lowest BCUT2D eigenvalue weighted by molar-refractivity contribution is 0.112. The number of alkyl halides is 1. The number of nitrogens with one attached hydrogen (secondary N) is 2. The fraction of sp³-hybridized carbons (Fsp3) is 0.167. The van der Waals surface area contributed by atoms with Gasteiger partial charge in [0.1, 0.15) is 12.0 Å². The summed E-state index contributed by atoms with van der Waals surface area (Å²) >= 11 is 5.99. The second-order valence-corrected chi connectivity index (χ2v) is 6.18. The zero-order chi connectivity index (χ0) is 16.3. The number of ether oxygens (including phenoxy) is 1. The molecule has 1 aromatic carbocycles. The first kappa shape index (κ1) is 16.3. The number of hydrogen-bond donors (Lipinski definition) is 3. The van der Waals surface area contributed by atoms with Crippen LogP contribution in [0, 0.1) is 0 Å². The molecule has 0 bridgehead atoms. The topological polar surface area (TPSA) is 122 Å². The second-order valence-electron chi connectivity index (χ2n) is 4.28. The highest BCUT2D eigenvalue weighted by atomic mass is 35.5. The molecule has 0 spiro atoms. The molecule has 0 fully saturated rings. The molecule has 118 valence electrons. The minimum Gasteiger partial charge on any atom is -0.470 e. The van der Waals surface area contributed by atoms with Crippen LogP contribution in [0.25, 0.3) is 0 Å². The van der Waals surface area contributed by atoms with Crippen LogP contribution in [-0.4, -0.2) is 36.2 Å². The van der Waals surface area contributed by atoms with Crippen molar-refractivity contribution in [3.05, 3.63) is 41.6 Å². The quantitative estimate of drug-likeness (QED) is 0.413. The van der Waals surface area contributed by atoms with Crippen LogP contribution in [0.3, 0.4) is 0 Å². The molecule has 0 saturated carbocycles. The predicted molar refractivity (Wildman–Crippen MR) is 77.2 cm³/mol. The van der Waals surface area contributed by atoms with E-state index in [1.807, 2.05) is 5.32 Å². The van der Waals surface area contributed by atoms with Crippen molar-refractivity contribution in [1.82, 2.24) is 10.6 Å². The predicted octanol–water partition coefficient (Wildman–Crippen LogP) is 0.853. The van der Waals surface area contributed by atoms with Gasteiger partial charge in [0, 0.05) is 17.3 Å². The van der Waals surface area contributed by atoms with Crippen LogP contribution in [-0.2, 0) is 10.1 Å². The van der Waals surface area contributed by atoms with Crippen molar-refractivity contribution in [2.45, 2.75) is 10.9 Å². The van der Waals surface area contributed by atoms with E-state index in [1.165, 1.54) is 24.3 Å². The van der Waals surface area contributed by atoms with Crippen molar-refractivity contribution in [3.63, 3.8) is 0 Å². The molecule has 1 aliphatic heterocycles. The van der Waals surface area contributed by atoms with Gasteiger partial charge in [0.15, 0.2) is 10.9 Å². The number of carbonyl (C=O) groups is 2. The highest BCUT2D eigenvalue weighted by Gasteiger charge is 2.36. The molecule has 22 heavy (non-hydrogen) atoms. The number of aldehydes is 1. The lowest BCUT2D eigenvalue weighted by Crippen LogP contribution is -2.51. The molecular weight excluding hydrogens is 336 g/mol. The maximum absolute atomic E-state index is 11.3. The number of amides is 2. The molecule has 8 nitrogen and oxygen atoms in total. The maximum Gasteiger partial charge on any atom is 0.320 e. The number of urea groups is 1. The third-order valence-electron chi connectivity index (χ3n) is 2.75. The Hall–Kier alpha value is -2.10. The van der Waals surface area contributed by atoms with E-state index in [4.69, 9.17) is 20.9 Å². The fourth-order valence-electron chi connectivity index (χ4n) is 1.71. The fourth-order valence-corrected chi connectivity index (χ4v) is 2.87. The standard InChI is InChI=1S/C12H11ClN2O6S/c13-10(21-8-3-1-7(6-16)2-4-8)9-5-14-12(17)15-11(9)22(18,19)20/h1-6,10-11H,(H2,14,15,17)(H,18,19,20). The number of halogens is 1. The summed E-state index contributed by atoms with van der Waals surface area (Å²) in [5, 5.41) is 2.53. The average molecular weight is 347 g/mol. The summed E-state index contributed by atoms with van der Waals surface area (Å²) < 4.78 is 37.1. The summed E-state index contributed by atoms with van der Waals surface area (Å²) in [5.74, 6) is 0.275. The Labute approximate surface area is 130 Å². The Kier molecular flexibility index (Phi) is 4.69. The lowest BCUT2D eigenvalue weighted by Gasteiger charge is -2.26. The van der Waals surface area contributed by atoms with Crippen LogP contribution in [0.2, 0.25) is 0 Å². The van der Waals surface area contributed by atoms with E-state index in [0.29, 0.717) is 11.8 Å². The highest BCUT2D eigenvalue weighted by molar-refractivity contribution is 7.86. The molecule has 2 atom stereocenters. The van der Waals surface area contributed by atoms with E-state index in [0.717, 1.165) is 6.20 Å². The van der Waals surface area contributed by atoms with Gasteiger partial charge in [0.05, 0.1) is 0 Å². The molecule has 2 amide bonds. The first-order valence-electron chi connectivity index (χ1n) is 5.90. The van der Waals surface area contributed by atoms with E-state index in [2.05, 4.69) is 5.32 Å². The Balaban J connectivity index is 2.20. The molecule has 0 aliphatic carbocycles. The van der Waals surface area contributed by atoms with E-state index >= 15 is 0 Å². The molecule has 1 aromatic rings. The van der Waals surface area contributed by atoms with Gasteiger partial charge in [-0.15, -0.1) is 0 Å².